The van der Waals surface area contributed by atoms with Gasteiger partial charge in [0.05, 0.1) is 24.7 Å². The molecule has 3 rings (SSSR count). The average molecular weight is 428 g/mol. The highest BCUT2D eigenvalue weighted by Crippen LogP contribution is 2.22. The molecule has 9 heteroatoms. The largest absolute Gasteiger partial charge is 0.494 e. The minimum atomic E-state index is -0.714. The van der Waals surface area contributed by atoms with Gasteiger partial charge < -0.3 is 14.4 Å². The number of hydrogen-bond donors (Lipinski definition) is 0. The highest BCUT2D eigenvalue weighted by Gasteiger charge is 2.35. The molecule has 0 aromatic heterocycles. The lowest BCUT2D eigenvalue weighted by Gasteiger charge is -2.18. The van der Waals surface area contributed by atoms with Gasteiger partial charge in [-0.25, -0.2) is 4.39 Å². The number of amides is 3. The van der Waals surface area contributed by atoms with E-state index in [1.165, 1.54) is 31.2 Å². The third kappa shape index (κ3) is 4.88. The second-order valence-corrected chi connectivity index (χ2v) is 6.94. The molecule has 0 saturated heterocycles. The summed E-state index contributed by atoms with van der Waals surface area (Å²) in [6, 6.07) is 10.8. The Morgan fingerprint density at radius 1 is 1.06 bits per heavy atom. The predicted molar refractivity (Wildman–Crippen MR) is 107 cm³/mol. The zero-order valence-corrected chi connectivity index (χ0v) is 17.1. The van der Waals surface area contributed by atoms with Gasteiger partial charge in [-0.1, -0.05) is 18.2 Å². The standard InChI is InChI=1S/C22H21FN2O6/c1-24(12-14-7-8-18(30-2)17(23)11-14)19(26)13-31-20(27)9-10-25-21(28)15-5-3-4-6-16(15)22(25)29/h3-8,11H,9-10,12-13H2,1-2H3. The molecule has 8 nitrogen and oxygen atoms in total. The van der Waals surface area contributed by atoms with Gasteiger partial charge in [-0.15, -0.1) is 0 Å². The first-order chi connectivity index (χ1) is 14.8. The first kappa shape index (κ1) is 21.9. The number of ether oxygens (including phenoxy) is 2. The first-order valence-corrected chi connectivity index (χ1v) is 9.49. The maximum Gasteiger partial charge on any atom is 0.308 e. The summed E-state index contributed by atoms with van der Waals surface area (Å²) in [6.07, 6.45) is -0.230. The summed E-state index contributed by atoms with van der Waals surface area (Å²) in [7, 11) is 2.85. The smallest absolute Gasteiger partial charge is 0.308 e. The number of fused-ring (bicyclic) bond motifs is 1. The molecule has 2 aromatic carbocycles. The molecule has 31 heavy (non-hydrogen) atoms. The number of rotatable bonds is 8. The van der Waals surface area contributed by atoms with Gasteiger partial charge in [0.2, 0.25) is 0 Å². The van der Waals surface area contributed by atoms with E-state index in [1.807, 2.05) is 0 Å². The Hall–Kier alpha value is -3.75. The Labute approximate surface area is 178 Å². The van der Waals surface area contributed by atoms with Crippen molar-refractivity contribution in [1.82, 2.24) is 9.80 Å². The number of carbonyl (C=O) groups excluding carboxylic acids is 4. The molecule has 162 valence electrons. The number of likely N-dealkylation sites (N-methyl/N-ethyl adjacent to an activating group) is 1. The molecule has 2 aromatic rings. The van der Waals surface area contributed by atoms with Crippen LogP contribution >= 0.6 is 0 Å². The van der Waals surface area contributed by atoms with Crippen molar-refractivity contribution in [3.63, 3.8) is 0 Å². The average Bonchev–Trinajstić information content (AvgIpc) is 3.00. The van der Waals surface area contributed by atoms with Gasteiger partial charge in [-0.2, -0.15) is 0 Å². The SMILES string of the molecule is COc1ccc(CN(C)C(=O)COC(=O)CCN2C(=O)c3ccccc3C2=O)cc1F. The van der Waals surface area contributed by atoms with E-state index in [-0.39, 0.29) is 25.3 Å². The number of hydrogen-bond acceptors (Lipinski definition) is 6. The zero-order valence-electron chi connectivity index (χ0n) is 17.1. The lowest BCUT2D eigenvalue weighted by Crippen LogP contribution is -2.33. The van der Waals surface area contributed by atoms with Crippen molar-refractivity contribution in [2.24, 2.45) is 0 Å². The Kier molecular flexibility index (Phi) is 6.64. The number of nitrogens with zero attached hydrogens (tertiary/aromatic N) is 2. The van der Waals surface area contributed by atoms with Gasteiger partial charge in [0.15, 0.2) is 18.2 Å². The second-order valence-electron chi connectivity index (χ2n) is 6.94. The van der Waals surface area contributed by atoms with Crippen LogP contribution in [-0.2, 0) is 20.9 Å². The molecule has 0 atom stereocenters. The minimum absolute atomic E-state index is 0.102. The Morgan fingerprint density at radius 3 is 2.29 bits per heavy atom. The topological polar surface area (TPSA) is 93.2 Å². The quantitative estimate of drug-likeness (QED) is 0.472. The number of imide groups is 1. The molecule has 0 fully saturated rings. The molecule has 1 heterocycles. The minimum Gasteiger partial charge on any atom is -0.494 e. The van der Waals surface area contributed by atoms with Crippen LogP contribution in [0, 0.1) is 5.82 Å². The third-order valence-corrected chi connectivity index (χ3v) is 4.84. The van der Waals surface area contributed by atoms with Crippen LogP contribution in [0.15, 0.2) is 42.5 Å². The lowest BCUT2D eigenvalue weighted by atomic mass is 10.1. The van der Waals surface area contributed by atoms with Crippen molar-refractivity contribution >= 4 is 23.7 Å². The summed E-state index contributed by atoms with van der Waals surface area (Å²) >= 11 is 0. The Bertz CT molecular complexity index is 1000. The van der Waals surface area contributed by atoms with Crippen molar-refractivity contribution in [2.45, 2.75) is 13.0 Å². The number of benzene rings is 2. The molecule has 0 aliphatic carbocycles. The van der Waals surface area contributed by atoms with E-state index in [4.69, 9.17) is 9.47 Å². The maximum absolute atomic E-state index is 13.8. The fraction of sp³-hybridized carbons (Fsp3) is 0.273. The monoisotopic (exact) mass is 428 g/mol. The molecule has 3 amide bonds. The summed E-state index contributed by atoms with van der Waals surface area (Å²) in [5.41, 5.74) is 1.14. The number of halogens is 1. The van der Waals surface area contributed by atoms with E-state index < -0.39 is 36.1 Å². The van der Waals surface area contributed by atoms with Crippen LogP contribution in [0.25, 0.3) is 0 Å². The molecule has 0 N–H and O–H groups in total. The molecule has 1 aliphatic heterocycles. The number of methoxy groups -OCH3 is 1. The number of esters is 1. The summed E-state index contributed by atoms with van der Waals surface area (Å²) < 4.78 is 23.6. The summed E-state index contributed by atoms with van der Waals surface area (Å²) in [6.45, 7) is -0.525. The normalized spacial score (nSPS) is 12.5. The summed E-state index contributed by atoms with van der Waals surface area (Å²) in [5, 5.41) is 0. The van der Waals surface area contributed by atoms with Gasteiger partial charge in [-0.3, -0.25) is 24.1 Å². The van der Waals surface area contributed by atoms with Gasteiger partial charge >= 0.3 is 5.97 Å². The Balaban J connectivity index is 1.45. The fourth-order valence-corrected chi connectivity index (χ4v) is 3.14. The van der Waals surface area contributed by atoms with E-state index in [0.29, 0.717) is 16.7 Å². The van der Waals surface area contributed by atoms with E-state index in [0.717, 1.165) is 4.90 Å². The van der Waals surface area contributed by atoms with E-state index >= 15 is 0 Å². The maximum atomic E-state index is 13.8. The highest BCUT2D eigenvalue weighted by molar-refractivity contribution is 6.21. The summed E-state index contributed by atoms with van der Waals surface area (Å²) in [4.78, 5) is 51.0. The van der Waals surface area contributed by atoms with Crippen LogP contribution < -0.4 is 4.74 Å². The van der Waals surface area contributed by atoms with E-state index in [2.05, 4.69) is 0 Å². The van der Waals surface area contributed by atoms with Crippen LogP contribution in [-0.4, -0.2) is 60.8 Å². The zero-order chi connectivity index (χ0) is 22.5. The molecule has 0 unspecified atom stereocenters. The molecular weight excluding hydrogens is 407 g/mol. The van der Waals surface area contributed by atoms with Crippen molar-refractivity contribution in [2.75, 3.05) is 27.3 Å². The highest BCUT2D eigenvalue weighted by atomic mass is 19.1. The first-order valence-electron chi connectivity index (χ1n) is 9.49. The molecule has 0 bridgehead atoms. The third-order valence-electron chi connectivity index (χ3n) is 4.84. The second kappa shape index (κ2) is 9.38. The van der Waals surface area contributed by atoms with E-state index in [9.17, 15) is 23.6 Å². The van der Waals surface area contributed by atoms with Gasteiger partial charge in [0.25, 0.3) is 17.7 Å². The lowest BCUT2D eigenvalue weighted by molar-refractivity contribution is -0.151. The predicted octanol–water partition coefficient (Wildman–Crippen LogP) is 2.02. The molecule has 1 aliphatic rings. The van der Waals surface area contributed by atoms with Crippen LogP contribution in [0.1, 0.15) is 32.7 Å². The van der Waals surface area contributed by atoms with Crippen molar-refractivity contribution < 1.29 is 33.0 Å². The van der Waals surface area contributed by atoms with Crippen molar-refractivity contribution in [3.8, 4) is 5.75 Å². The van der Waals surface area contributed by atoms with Gasteiger partial charge in [-0.05, 0) is 29.8 Å². The van der Waals surface area contributed by atoms with Crippen LogP contribution in [0.2, 0.25) is 0 Å². The van der Waals surface area contributed by atoms with E-state index in [1.54, 1.807) is 30.3 Å². The van der Waals surface area contributed by atoms with Gasteiger partial charge in [0.1, 0.15) is 0 Å². The van der Waals surface area contributed by atoms with Crippen LogP contribution in [0.5, 0.6) is 5.75 Å². The van der Waals surface area contributed by atoms with Crippen molar-refractivity contribution in [3.05, 3.63) is 65.0 Å². The van der Waals surface area contributed by atoms with Crippen LogP contribution in [0.4, 0.5) is 4.39 Å². The van der Waals surface area contributed by atoms with Gasteiger partial charge in [0, 0.05) is 20.1 Å². The van der Waals surface area contributed by atoms with Crippen LogP contribution in [0.3, 0.4) is 0 Å². The summed E-state index contributed by atoms with van der Waals surface area (Å²) in [5.74, 6) is -2.56. The van der Waals surface area contributed by atoms with Crippen molar-refractivity contribution in [1.29, 1.82) is 0 Å². The molecular formula is C22H21FN2O6. The fourth-order valence-electron chi connectivity index (χ4n) is 3.14. The molecule has 0 radical (unpaired) electrons. The molecule has 0 spiro atoms. The molecule has 0 saturated carbocycles. The number of carbonyl (C=O) groups is 4. The Morgan fingerprint density at radius 2 is 1.71 bits per heavy atom.